The van der Waals surface area contributed by atoms with Crippen molar-refractivity contribution in [2.45, 2.75) is 18.7 Å². The maximum absolute atomic E-state index is 5.37. The number of benzene rings is 2. The van der Waals surface area contributed by atoms with E-state index in [-0.39, 0.29) is 4.83 Å². The predicted molar refractivity (Wildman–Crippen MR) is 79.7 cm³/mol. The quantitative estimate of drug-likeness (QED) is 0.740. The molecule has 1 nitrogen and oxygen atoms in total. The van der Waals surface area contributed by atoms with Gasteiger partial charge in [-0.05, 0) is 36.6 Å². The zero-order chi connectivity index (χ0) is 13.1. The molecule has 0 spiro atoms. The molecule has 0 bridgehead atoms. The number of hydrogen-bond donors (Lipinski definition) is 0. The fraction of sp³-hybridized carbons (Fsp3) is 0.250. The lowest BCUT2D eigenvalue weighted by Crippen LogP contribution is -1.95. The monoisotopic (exact) mass is 304 g/mol. The highest BCUT2D eigenvalue weighted by atomic mass is 79.9. The van der Waals surface area contributed by atoms with Gasteiger partial charge in [-0.2, -0.15) is 0 Å². The molecule has 2 aromatic rings. The van der Waals surface area contributed by atoms with Crippen LogP contribution in [-0.2, 0) is 0 Å². The van der Waals surface area contributed by atoms with E-state index in [1.54, 1.807) is 7.11 Å². The third-order valence-electron chi connectivity index (χ3n) is 3.09. The Bertz CT molecular complexity index is 531. The summed E-state index contributed by atoms with van der Waals surface area (Å²) in [5, 5.41) is 0. The summed E-state index contributed by atoms with van der Waals surface area (Å²) in [6, 6.07) is 14.9. The standard InChI is InChI=1S/C16H17BrO/c1-11-4-7-13(8-5-11)16(17)14-9-6-12(2)15(10-14)18-3/h4-10,16H,1-3H3. The number of alkyl halides is 1. The van der Waals surface area contributed by atoms with Gasteiger partial charge in [-0.15, -0.1) is 0 Å². The van der Waals surface area contributed by atoms with E-state index in [1.165, 1.54) is 16.7 Å². The van der Waals surface area contributed by atoms with Crippen molar-refractivity contribution >= 4 is 15.9 Å². The van der Waals surface area contributed by atoms with E-state index in [4.69, 9.17) is 4.74 Å². The van der Waals surface area contributed by atoms with Crippen LogP contribution in [0.1, 0.15) is 27.1 Å². The van der Waals surface area contributed by atoms with Gasteiger partial charge in [-0.1, -0.05) is 57.9 Å². The van der Waals surface area contributed by atoms with Crippen LogP contribution in [0, 0.1) is 13.8 Å². The Labute approximate surface area is 117 Å². The smallest absolute Gasteiger partial charge is 0.122 e. The SMILES string of the molecule is COc1cc(C(Br)c2ccc(C)cc2)ccc1C. The molecule has 0 aromatic heterocycles. The third kappa shape index (κ3) is 2.75. The summed E-state index contributed by atoms with van der Waals surface area (Å²) < 4.78 is 5.37. The fourth-order valence-electron chi connectivity index (χ4n) is 1.92. The second kappa shape index (κ2) is 5.57. The summed E-state index contributed by atoms with van der Waals surface area (Å²) in [4.78, 5) is 0.201. The van der Waals surface area contributed by atoms with Crippen LogP contribution in [-0.4, -0.2) is 7.11 Å². The molecule has 94 valence electrons. The van der Waals surface area contributed by atoms with Crippen LogP contribution in [0.25, 0.3) is 0 Å². The molecule has 0 aliphatic carbocycles. The topological polar surface area (TPSA) is 9.23 Å². The average Bonchev–Trinajstić information content (AvgIpc) is 2.39. The van der Waals surface area contributed by atoms with Gasteiger partial charge in [0.2, 0.25) is 0 Å². The van der Waals surface area contributed by atoms with Gasteiger partial charge >= 0.3 is 0 Å². The Kier molecular flexibility index (Phi) is 4.07. The highest BCUT2D eigenvalue weighted by Crippen LogP contribution is 2.33. The Morgan fingerprint density at radius 3 is 2.17 bits per heavy atom. The predicted octanol–water partition coefficient (Wildman–Crippen LogP) is 4.80. The number of halogens is 1. The first-order chi connectivity index (χ1) is 8.61. The van der Waals surface area contributed by atoms with Crippen LogP contribution in [0.3, 0.4) is 0 Å². The van der Waals surface area contributed by atoms with E-state index in [0.717, 1.165) is 11.3 Å². The van der Waals surface area contributed by atoms with Crippen molar-refractivity contribution in [3.8, 4) is 5.75 Å². The lowest BCUT2D eigenvalue weighted by Gasteiger charge is -2.13. The molecule has 1 unspecified atom stereocenters. The number of rotatable bonds is 3. The molecule has 0 fully saturated rings. The Hall–Kier alpha value is -1.28. The molecule has 0 heterocycles. The van der Waals surface area contributed by atoms with Gasteiger partial charge in [-0.3, -0.25) is 0 Å². The summed E-state index contributed by atoms with van der Waals surface area (Å²) >= 11 is 3.75. The lowest BCUT2D eigenvalue weighted by molar-refractivity contribution is 0.411. The molecule has 2 heteroatoms. The van der Waals surface area contributed by atoms with E-state index in [1.807, 2.05) is 0 Å². The van der Waals surface area contributed by atoms with Gasteiger partial charge in [0, 0.05) is 0 Å². The third-order valence-corrected chi connectivity index (χ3v) is 4.15. The van der Waals surface area contributed by atoms with Gasteiger partial charge in [0.25, 0.3) is 0 Å². The molecule has 0 aliphatic rings. The molecule has 0 aliphatic heterocycles. The maximum atomic E-state index is 5.37. The number of aryl methyl sites for hydroxylation is 2. The molecule has 2 rings (SSSR count). The molecule has 2 aromatic carbocycles. The average molecular weight is 305 g/mol. The minimum Gasteiger partial charge on any atom is -0.496 e. The summed E-state index contributed by atoms with van der Waals surface area (Å²) in [7, 11) is 1.71. The van der Waals surface area contributed by atoms with E-state index < -0.39 is 0 Å². The molecule has 0 amide bonds. The minimum absolute atomic E-state index is 0.201. The van der Waals surface area contributed by atoms with E-state index in [0.29, 0.717) is 0 Å². The summed E-state index contributed by atoms with van der Waals surface area (Å²) in [5.74, 6) is 0.934. The second-order valence-corrected chi connectivity index (χ2v) is 5.42. The first-order valence-corrected chi connectivity index (χ1v) is 6.88. The van der Waals surface area contributed by atoms with Crippen molar-refractivity contribution in [1.29, 1.82) is 0 Å². The van der Waals surface area contributed by atoms with Crippen LogP contribution in [0.15, 0.2) is 42.5 Å². The fourth-order valence-corrected chi connectivity index (χ4v) is 2.51. The molecular weight excluding hydrogens is 288 g/mol. The first-order valence-electron chi connectivity index (χ1n) is 5.97. The number of methoxy groups -OCH3 is 1. The van der Waals surface area contributed by atoms with Crippen LogP contribution >= 0.6 is 15.9 Å². The van der Waals surface area contributed by atoms with Crippen molar-refractivity contribution in [2.75, 3.05) is 7.11 Å². The lowest BCUT2D eigenvalue weighted by atomic mass is 10.0. The number of ether oxygens (including phenoxy) is 1. The van der Waals surface area contributed by atoms with Crippen molar-refractivity contribution in [3.63, 3.8) is 0 Å². The molecular formula is C16H17BrO. The van der Waals surface area contributed by atoms with Gasteiger partial charge in [0.1, 0.15) is 5.75 Å². The van der Waals surface area contributed by atoms with Crippen LogP contribution < -0.4 is 4.74 Å². The minimum atomic E-state index is 0.201. The molecule has 0 N–H and O–H groups in total. The summed E-state index contributed by atoms with van der Waals surface area (Å²) in [5.41, 5.74) is 4.90. The Balaban J connectivity index is 2.33. The van der Waals surface area contributed by atoms with Crippen molar-refractivity contribution in [3.05, 3.63) is 64.7 Å². The largest absolute Gasteiger partial charge is 0.496 e. The van der Waals surface area contributed by atoms with Gasteiger partial charge < -0.3 is 4.74 Å². The summed E-state index contributed by atoms with van der Waals surface area (Å²) in [6.07, 6.45) is 0. The van der Waals surface area contributed by atoms with E-state index >= 15 is 0 Å². The van der Waals surface area contributed by atoms with Crippen LogP contribution in [0.5, 0.6) is 5.75 Å². The Morgan fingerprint density at radius 2 is 1.56 bits per heavy atom. The van der Waals surface area contributed by atoms with Gasteiger partial charge in [0.15, 0.2) is 0 Å². The normalized spacial score (nSPS) is 12.2. The van der Waals surface area contributed by atoms with Gasteiger partial charge in [0.05, 0.1) is 11.9 Å². The van der Waals surface area contributed by atoms with Crippen molar-refractivity contribution in [1.82, 2.24) is 0 Å². The molecule has 0 saturated carbocycles. The zero-order valence-corrected chi connectivity index (χ0v) is 12.5. The molecule has 0 saturated heterocycles. The highest BCUT2D eigenvalue weighted by molar-refractivity contribution is 9.09. The number of hydrogen-bond acceptors (Lipinski definition) is 1. The van der Waals surface area contributed by atoms with Gasteiger partial charge in [-0.25, -0.2) is 0 Å². The van der Waals surface area contributed by atoms with Crippen molar-refractivity contribution in [2.24, 2.45) is 0 Å². The van der Waals surface area contributed by atoms with Crippen LogP contribution in [0.2, 0.25) is 0 Å². The molecule has 1 atom stereocenters. The Morgan fingerprint density at radius 1 is 0.944 bits per heavy atom. The second-order valence-electron chi connectivity index (χ2n) is 4.50. The molecule has 18 heavy (non-hydrogen) atoms. The zero-order valence-electron chi connectivity index (χ0n) is 10.9. The van der Waals surface area contributed by atoms with E-state index in [9.17, 15) is 0 Å². The molecule has 0 radical (unpaired) electrons. The van der Waals surface area contributed by atoms with Crippen molar-refractivity contribution < 1.29 is 4.74 Å². The van der Waals surface area contributed by atoms with E-state index in [2.05, 4.69) is 72.2 Å². The maximum Gasteiger partial charge on any atom is 0.122 e. The summed E-state index contributed by atoms with van der Waals surface area (Å²) in [6.45, 7) is 4.15. The first kappa shape index (κ1) is 13.2. The highest BCUT2D eigenvalue weighted by Gasteiger charge is 2.11. The van der Waals surface area contributed by atoms with Crippen LogP contribution in [0.4, 0.5) is 0 Å².